The first-order valence-electron chi connectivity index (χ1n) is 22.8. The topological polar surface area (TPSA) is 536 Å². The van der Waals surface area contributed by atoms with Crippen molar-refractivity contribution < 1.29 is 164 Å². The molecule has 0 aromatic carbocycles. The Balaban J connectivity index is 1.28. The predicted molar refractivity (Wildman–Crippen MR) is 216 cm³/mol. The van der Waals surface area contributed by atoms with E-state index in [1.807, 2.05) is 0 Å². The Labute approximate surface area is 407 Å². The second-order valence-electron chi connectivity index (χ2n) is 18.0. The third kappa shape index (κ3) is 13.1. The minimum Gasteiger partial charge on any atom is -0.394 e. The van der Waals surface area contributed by atoms with Gasteiger partial charge in [0.1, 0.15) is 153 Å². The first-order chi connectivity index (χ1) is 34.1. The number of aliphatic hydroxyl groups excluding tert-OH is 21. The number of rotatable bonds is 21. The van der Waals surface area contributed by atoms with Crippen molar-refractivity contribution in [1.82, 2.24) is 0 Å². The number of aliphatic hydroxyl groups is 21. The van der Waals surface area contributed by atoms with Crippen molar-refractivity contribution in [2.24, 2.45) is 0 Å². The summed E-state index contributed by atoms with van der Waals surface area (Å²) >= 11 is 0. The summed E-state index contributed by atoms with van der Waals surface area (Å²) in [5.74, 6) is 0. The van der Waals surface area contributed by atoms with E-state index in [9.17, 15) is 107 Å². The first kappa shape index (κ1) is 59.9. The van der Waals surface area contributed by atoms with Crippen LogP contribution in [0.15, 0.2) is 0 Å². The molecule has 422 valence electrons. The standard InChI is InChI=1S/C39H68O33/c40-1-9(44)18(49)30(10(45)2-41)69-37-28(59)23(54)32(16(67-37)8-64-39-33(19(50)12(47)6-62-39)72-35-26(57)21(52)14(4-43)66-35)71-38-29(60)24(55)31(70-36-27(58)22(53)20(51)13(3-42)65-36)15(68-38)7-63-34-25(56)17(48)11(46)5-61-34/h9-60H,1-8H2/t9-,10+,11+,12+,13+,14-,15+,16+,17-,18+,19-,20+,21-,22-,23+,24+,25+,26+,27+,28+,29+,30+,31+,32+,33+,34+,35-,36-,37-,38-,39+/m0/s1. The Bertz CT molecular complexity index is 1610. The van der Waals surface area contributed by atoms with Crippen molar-refractivity contribution in [3.8, 4) is 0 Å². The molecule has 6 heterocycles. The van der Waals surface area contributed by atoms with E-state index in [1.54, 1.807) is 0 Å². The lowest BCUT2D eigenvalue weighted by molar-refractivity contribution is -0.389. The number of hydrogen-bond acceptors (Lipinski definition) is 33. The van der Waals surface area contributed by atoms with Gasteiger partial charge in [-0.1, -0.05) is 0 Å². The van der Waals surface area contributed by atoms with Crippen LogP contribution in [0.5, 0.6) is 0 Å². The monoisotopic (exact) mass is 1060 g/mol. The molecule has 72 heavy (non-hydrogen) atoms. The van der Waals surface area contributed by atoms with E-state index >= 15 is 0 Å². The van der Waals surface area contributed by atoms with E-state index in [0.29, 0.717) is 0 Å². The fourth-order valence-corrected chi connectivity index (χ4v) is 8.61. The summed E-state index contributed by atoms with van der Waals surface area (Å²) in [6, 6.07) is 0. The zero-order valence-corrected chi connectivity index (χ0v) is 37.8. The second-order valence-corrected chi connectivity index (χ2v) is 18.0. The molecule has 0 aromatic heterocycles. The van der Waals surface area contributed by atoms with Gasteiger partial charge < -0.3 is 164 Å². The van der Waals surface area contributed by atoms with Crippen LogP contribution in [0.4, 0.5) is 0 Å². The zero-order valence-electron chi connectivity index (χ0n) is 37.8. The van der Waals surface area contributed by atoms with Crippen LogP contribution in [-0.4, -0.2) is 350 Å². The lowest BCUT2D eigenvalue weighted by atomic mass is 9.95. The van der Waals surface area contributed by atoms with Crippen molar-refractivity contribution in [2.45, 2.75) is 190 Å². The SMILES string of the molecule is OC[C@@H](O)[C@@H](O[C@@H]1O[C@H](CO[C@H]2OC[C@@H](O)[C@H](O)[C@H]2O[C@@H]2O[C@@H](CO)[C@H](O)[C@H]2O)[C@@H](O[C@@H]2O[C@H](CO[C@H]3OC[C@@H](O)[C@H](O)[C@H]3O)[C@@H](O[C@@H]3O[C@H](CO)[C@@H](O)[C@H](O)[C@H]3O)[C@H](O)[C@H]2O)[C@H](O)[C@H]1O)[C@H](O)[C@@H](O)CO. The van der Waals surface area contributed by atoms with Crippen LogP contribution < -0.4 is 0 Å². The van der Waals surface area contributed by atoms with Crippen LogP contribution in [0.3, 0.4) is 0 Å². The molecule has 6 saturated heterocycles. The third-order valence-electron chi connectivity index (χ3n) is 13.0. The van der Waals surface area contributed by atoms with Gasteiger partial charge in [0.2, 0.25) is 0 Å². The molecule has 0 aromatic rings. The minimum absolute atomic E-state index is 0.551. The predicted octanol–water partition coefficient (Wildman–Crippen LogP) is -14.7. The van der Waals surface area contributed by atoms with Crippen molar-refractivity contribution in [2.75, 3.05) is 52.9 Å². The largest absolute Gasteiger partial charge is 0.394 e. The van der Waals surface area contributed by atoms with Crippen molar-refractivity contribution in [3.05, 3.63) is 0 Å². The number of ether oxygens (including phenoxy) is 12. The molecule has 31 atom stereocenters. The maximum absolute atomic E-state index is 11.7. The minimum atomic E-state index is -2.33. The molecule has 0 aliphatic carbocycles. The highest BCUT2D eigenvalue weighted by Crippen LogP contribution is 2.35. The normalized spacial score (nSPS) is 49.0. The Hall–Kier alpha value is -1.32. The Morgan fingerprint density at radius 3 is 1.28 bits per heavy atom. The summed E-state index contributed by atoms with van der Waals surface area (Å²) in [5.41, 5.74) is 0. The van der Waals surface area contributed by atoms with Crippen LogP contribution in [0.2, 0.25) is 0 Å². The molecule has 0 radical (unpaired) electrons. The lowest BCUT2D eigenvalue weighted by Crippen LogP contribution is -2.67. The third-order valence-corrected chi connectivity index (χ3v) is 13.0. The van der Waals surface area contributed by atoms with Gasteiger partial charge in [-0.05, 0) is 0 Å². The van der Waals surface area contributed by atoms with Gasteiger partial charge in [0.15, 0.2) is 37.7 Å². The molecular weight excluding hydrogens is 996 g/mol. The first-order valence-corrected chi connectivity index (χ1v) is 22.8. The molecule has 0 bridgehead atoms. The molecule has 0 spiro atoms. The molecule has 33 nitrogen and oxygen atoms in total. The van der Waals surface area contributed by atoms with Gasteiger partial charge >= 0.3 is 0 Å². The highest BCUT2D eigenvalue weighted by molar-refractivity contribution is 4.98. The van der Waals surface area contributed by atoms with Gasteiger partial charge in [0, 0.05) is 0 Å². The Morgan fingerprint density at radius 1 is 0.375 bits per heavy atom. The molecule has 0 amide bonds. The summed E-state index contributed by atoms with van der Waals surface area (Å²) in [7, 11) is 0. The van der Waals surface area contributed by atoms with Crippen LogP contribution >= 0.6 is 0 Å². The van der Waals surface area contributed by atoms with Gasteiger partial charge in [-0.15, -0.1) is 0 Å². The Morgan fingerprint density at radius 2 is 0.764 bits per heavy atom. The highest BCUT2D eigenvalue weighted by atomic mass is 16.8. The summed E-state index contributed by atoms with van der Waals surface area (Å²) < 4.78 is 67.7. The molecule has 6 aliphatic rings. The summed E-state index contributed by atoms with van der Waals surface area (Å²) in [5, 5.41) is 220. The fraction of sp³-hybridized carbons (Fsp3) is 1.00. The van der Waals surface area contributed by atoms with E-state index in [1.165, 1.54) is 0 Å². The zero-order chi connectivity index (χ0) is 53.0. The van der Waals surface area contributed by atoms with E-state index in [4.69, 9.17) is 56.8 Å². The van der Waals surface area contributed by atoms with Gasteiger partial charge in [-0.3, -0.25) is 0 Å². The van der Waals surface area contributed by atoms with Gasteiger partial charge in [0.05, 0.1) is 52.9 Å². The lowest BCUT2D eigenvalue weighted by Gasteiger charge is -2.49. The molecule has 6 aliphatic heterocycles. The number of hydrogen-bond donors (Lipinski definition) is 21. The molecule has 21 N–H and O–H groups in total. The van der Waals surface area contributed by atoms with Gasteiger partial charge in [-0.25, -0.2) is 0 Å². The van der Waals surface area contributed by atoms with Gasteiger partial charge in [0.25, 0.3) is 0 Å². The second kappa shape index (κ2) is 26.4. The molecule has 6 fully saturated rings. The average Bonchev–Trinajstić information content (AvgIpc) is 3.64. The quantitative estimate of drug-likeness (QED) is 0.0507. The van der Waals surface area contributed by atoms with Gasteiger partial charge in [-0.2, -0.15) is 0 Å². The smallest absolute Gasteiger partial charge is 0.187 e. The maximum atomic E-state index is 11.7. The molecule has 0 saturated carbocycles. The molecule has 6 rings (SSSR count). The molecular formula is C39H68O33. The highest BCUT2D eigenvalue weighted by Gasteiger charge is 2.56. The summed E-state index contributed by atoms with van der Waals surface area (Å²) in [6.45, 7) is -6.96. The van der Waals surface area contributed by atoms with Crippen molar-refractivity contribution in [1.29, 1.82) is 0 Å². The van der Waals surface area contributed by atoms with E-state index in [-0.39, 0.29) is 0 Å². The van der Waals surface area contributed by atoms with Crippen molar-refractivity contribution in [3.63, 3.8) is 0 Å². The molecule has 33 heteroatoms. The summed E-state index contributed by atoms with van der Waals surface area (Å²) in [6.07, 6.45) is -59.9. The van der Waals surface area contributed by atoms with Crippen LogP contribution in [0.25, 0.3) is 0 Å². The van der Waals surface area contributed by atoms with E-state index in [2.05, 4.69) is 0 Å². The van der Waals surface area contributed by atoms with Crippen LogP contribution in [0, 0.1) is 0 Å². The Kier molecular flexibility index (Phi) is 21.9. The van der Waals surface area contributed by atoms with E-state index < -0.39 is 243 Å². The van der Waals surface area contributed by atoms with E-state index in [0.717, 1.165) is 0 Å². The average molecular weight is 1060 g/mol. The summed E-state index contributed by atoms with van der Waals surface area (Å²) in [4.78, 5) is 0. The van der Waals surface area contributed by atoms with Crippen LogP contribution in [-0.2, 0) is 56.8 Å². The molecule has 0 unspecified atom stereocenters. The van der Waals surface area contributed by atoms with Crippen molar-refractivity contribution >= 4 is 0 Å². The maximum Gasteiger partial charge on any atom is 0.187 e. The fourth-order valence-electron chi connectivity index (χ4n) is 8.61. The van der Waals surface area contributed by atoms with Crippen LogP contribution in [0.1, 0.15) is 0 Å².